The Labute approximate surface area is 187 Å². The van der Waals surface area contributed by atoms with Crippen molar-refractivity contribution >= 4 is 17.4 Å². The van der Waals surface area contributed by atoms with Crippen molar-refractivity contribution in [2.45, 2.75) is 32.1 Å². The SMILES string of the molecule is CC1=C(c2cccc(C(=O)O)c2)C=C(NC2=NC(N3CC4CC4C3)CC=C2)C2NC=CN12. The maximum absolute atomic E-state index is 11.5. The van der Waals surface area contributed by atoms with Gasteiger partial charge in [0.25, 0.3) is 0 Å². The highest BCUT2D eigenvalue weighted by atomic mass is 16.4. The minimum Gasteiger partial charge on any atom is -0.478 e. The average Bonchev–Trinajstić information content (AvgIpc) is 3.18. The van der Waals surface area contributed by atoms with E-state index in [4.69, 9.17) is 4.99 Å². The second-order valence-corrected chi connectivity index (χ2v) is 9.24. The molecule has 0 amide bonds. The standard InChI is InChI=1S/C25H27N5O2/c1-15-20(16-4-2-5-17(10-16)25(31)32)12-21(24-26-8-9-30(15)24)27-22-6-3-7-23(28-22)29-13-18-11-19(18)14-29/h2-6,8-10,12,18-19,23-24,26H,7,11,13-14H2,1H3,(H,27,28)(H,31,32). The summed E-state index contributed by atoms with van der Waals surface area (Å²) in [7, 11) is 0. The zero-order chi connectivity index (χ0) is 21.8. The zero-order valence-electron chi connectivity index (χ0n) is 18.0. The van der Waals surface area contributed by atoms with Gasteiger partial charge in [-0.15, -0.1) is 0 Å². The van der Waals surface area contributed by atoms with E-state index in [0.717, 1.165) is 46.6 Å². The van der Waals surface area contributed by atoms with E-state index < -0.39 is 5.97 Å². The lowest BCUT2D eigenvalue weighted by atomic mass is 9.96. The maximum Gasteiger partial charge on any atom is 0.335 e. The highest BCUT2D eigenvalue weighted by Gasteiger charge is 2.46. The summed E-state index contributed by atoms with van der Waals surface area (Å²) in [6.45, 7) is 4.42. The van der Waals surface area contributed by atoms with Crippen molar-refractivity contribution in [1.82, 2.24) is 20.4 Å². The van der Waals surface area contributed by atoms with Gasteiger partial charge in [0.1, 0.15) is 18.2 Å². The van der Waals surface area contributed by atoms with Gasteiger partial charge in [-0.25, -0.2) is 9.79 Å². The van der Waals surface area contributed by atoms with Crippen LogP contribution in [0.3, 0.4) is 0 Å². The number of aliphatic imine (C=N–C) groups is 1. The average molecular weight is 430 g/mol. The van der Waals surface area contributed by atoms with Gasteiger partial charge in [0.05, 0.1) is 11.3 Å². The summed E-state index contributed by atoms with van der Waals surface area (Å²) in [5, 5.41) is 16.4. The minimum atomic E-state index is -0.920. The Balaban J connectivity index is 1.30. The number of allylic oxidation sites excluding steroid dienone is 3. The summed E-state index contributed by atoms with van der Waals surface area (Å²) in [4.78, 5) is 21.2. The Bertz CT molecular complexity index is 1120. The monoisotopic (exact) mass is 429 g/mol. The lowest BCUT2D eigenvalue weighted by molar-refractivity contribution is 0.0697. The first-order valence-electron chi connectivity index (χ1n) is 11.3. The van der Waals surface area contributed by atoms with E-state index in [9.17, 15) is 9.90 Å². The van der Waals surface area contributed by atoms with Gasteiger partial charge in [0.2, 0.25) is 0 Å². The number of amidine groups is 1. The first-order chi connectivity index (χ1) is 15.6. The summed E-state index contributed by atoms with van der Waals surface area (Å²) in [5.74, 6) is 1.75. The molecule has 0 aromatic heterocycles. The number of dihydropyridines is 1. The van der Waals surface area contributed by atoms with E-state index in [0.29, 0.717) is 0 Å². The molecule has 4 heterocycles. The molecule has 3 N–H and O–H groups in total. The van der Waals surface area contributed by atoms with Gasteiger partial charge in [-0.05, 0) is 55.0 Å². The van der Waals surface area contributed by atoms with Crippen LogP contribution in [-0.2, 0) is 0 Å². The van der Waals surface area contributed by atoms with Gasteiger partial charge in [-0.1, -0.05) is 18.2 Å². The number of benzene rings is 1. The van der Waals surface area contributed by atoms with Crippen molar-refractivity contribution in [3.63, 3.8) is 0 Å². The quantitative estimate of drug-likeness (QED) is 0.683. The third-order valence-electron chi connectivity index (χ3n) is 7.17. The number of rotatable bonds is 4. The van der Waals surface area contributed by atoms with Crippen LogP contribution in [0.2, 0.25) is 0 Å². The van der Waals surface area contributed by atoms with Crippen molar-refractivity contribution in [3.8, 4) is 0 Å². The van der Waals surface area contributed by atoms with E-state index in [-0.39, 0.29) is 17.9 Å². The fourth-order valence-electron chi connectivity index (χ4n) is 5.31. The number of likely N-dealkylation sites (tertiary alicyclic amines) is 1. The lowest BCUT2D eigenvalue weighted by Crippen LogP contribution is -2.45. The number of hydrogen-bond acceptors (Lipinski definition) is 6. The highest BCUT2D eigenvalue weighted by molar-refractivity contribution is 5.96. The van der Waals surface area contributed by atoms with E-state index in [1.165, 1.54) is 19.5 Å². The van der Waals surface area contributed by atoms with Gasteiger partial charge in [0, 0.05) is 43.2 Å². The molecule has 1 aromatic carbocycles. The van der Waals surface area contributed by atoms with Crippen molar-refractivity contribution in [2.24, 2.45) is 16.8 Å². The number of fused-ring (bicyclic) bond motifs is 2. The first-order valence-corrected chi connectivity index (χ1v) is 11.3. The Kier molecular flexibility index (Phi) is 4.47. The highest BCUT2D eigenvalue weighted by Crippen LogP contribution is 2.46. The van der Waals surface area contributed by atoms with Crippen LogP contribution in [0.5, 0.6) is 0 Å². The van der Waals surface area contributed by atoms with Crippen molar-refractivity contribution in [3.05, 3.63) is 77.4 Å². The number of piperidine rings is 1. The van der Waals surface area contributed by atoms with E-state index in [1.54, 1.807) is 18.2 Å². The topological polar surface area (TPSA) is 80.2 Å². The molecule has 1 aliphatic carbocycles. The Morgan fingerprint density at radius 1 is 1.28 bits per heavy atom. The molecule has 4 unspecified atom stereocenters. The molecular weight excluding hydrogens is 402 g/mol. The van der Waals surface area contributed by atoms with Crippen LogP contribution in [0, 0.1) is 11.8 Å². The molecular formula is C25H27N5O2. The van der Waals surface area contributed by atoms with Gasteiger partial charge in [0.15, 0.2) is 0 Å². The summed E-state index contributed by atoms with van der Waals surface area (Å²) < 4.78 is 0. The van der Waals surface area contributed by atoms with Crippen LogP contribution in [0.1, 0.15) is 35.7 Å². The predicted molar refractivity (Wildman–Crippen MR) is 123 cm³/mol. The normalized spacial score (nSPS) is 30.5. The molecule has 1 saturated carbocycles. The number of carboxylic acid groups (broad SMARTS) is 1. The number of hydrogen-bond donors (Lipinski definition) is 3. The van der Waals surface area contributed by atoms with Crippen LogP contribution in [0.25, 0.3) is 5.57 Å². The number of aromatic carboxylic acids is 1. The second-order valence-electron chi connectivity index (χ2n) is 9.24. The fourth-order valence-corrected chi connectivity index (χ4v) is 5.31. The van der Waals surface area contributed by atoms with Crippen LogP contribution < -0.4 is 10.6 Å². The minimum absolute atomic E-state index is 0.0303. The summed E-state index contributed by atoms with van der Waals surface area (Å²) in [6.07, 6.45) is 12.9. The largest absolute Gasteiger partial charge is 0.478 e. The molecule has 7 heteroatoms. The molecule has 0 radical (unpaired) electrons. The van der Waals surface area contributed by atoms with E-state index in [2.05, 4.69) is 45.6 Å². The zero-order valence-corrected chi connectivity index (χ0v) is 18.0. The molecule has 2 fully saturated rings. The van der Waals surface area contributed by atoms with E-state index >= 15 is 0 Å². The second kappa shape index (κ2) is 7.38. The molecule has 6 rings (SSSR count). The molecule has 164 valence electrons. The Hall–Kier alpha value is -3.32. The lowest BCUT2D eigenvalue weighted by Gasteiger charge is -2.35. The Morgan fingerprint density at radius 3 is 2.94 bits per heavy atom. The van der Waals surface area contributed by atoms with Crippen LogP contribution in [-0.4, -0.2) is 52.1 Å². The fraction of sp³-hybridized carbons (Fsp3) is 0.360. The number of nitrogens with zero attached hydrogens (tertiary/aromatic N) is 3. The van der Waals surface area contributed by atoms with Crippen LogP contribution in [0.4, 0.5) is 0 Å². The summed E-state index contributed by atoms with van der Waals surface area (Å²) in [6, 6.07) is 7.11. The Morgan fingerprint density at radius 2 is 2.12 bits per heavy atom. The maximum atomic E-state index is 11.5. The third-order valence-corrected chi connectivity index (χ3v) is 7.17. The van der Waals surface area contributed by atoms with Gasteiger partial charge >= 0.3 is 5.97 Å². The number of carbonyl (C=O) groups is 1. The molecule has 0 spiro atoms. The molecule has 4 atom stereocenters. The van der Waals surface area contributed by atoms with Crippen molar-refractivity contribution in [1.29, 1.82) is 0 Å². The number of carboxylic acids is 1. The predicted octanol–water partition coefficient (Wildman–Crippen LogP) is 2.94. The molecule has 0 bridgehead atoms. The summed E-state index contributed by atoms with van der Waals surface area (Å²) in [5.41, 5.74) is 4.23. The third kappa shape index (κ3) is 3.33. The van der Waals surface area contributed by atoms with Gasteiger partial charge in [-0.3, -0.25) is 4.90 Å². The van der Waals surface area contributed by atoms with Crippen LogP contribution >= 0.6 is 0 Å². The van der Waals surface area contributed by atoms with E-state index in [1.807, 2.05) is 18.5 Å². The van der Waals surface area contributed by atoms with Crippen molar-refractivity contribution in [2.75, 3.05) is 13.1 Å². The molecule has 32 heavy (non-hydrogen) atoms. The smallest absolute Gasteiger partial charge is 0.335 e. The molecule has 7 nitrogen and oxygen atoms in total. The molecule has 1 aromatic rings. The van der Waals surface area contributed by atoms with Gasteiger partial charge < -0.3 is 20.6 Å². The molecule has 5 aliphatic rings. The first kappa shape index (κ1) is 19.4. The summed E-state index contributed by atoms with van der Waals surface area (Å²) >= 11 is 0. The van der Waals surface area contributed by atoms with Gasteiger partial charge in [-0.2, -0.15) is 0 Å². The van der Waals surface area contributed by atoms with Crippen LogP contribution in [0.15, 0.2) is 71.3 Å². The molecule has 1 saturated heterocycles. The molecule has 4 aliphatic heterocycles. The number of nitrogens with one attached hydrogen (secondary N) is 2. The van der Waals surface area contributed by atoms with Crippen molar-refractivity contribution < 1.29 is 9.90 Å².